The van der Waals surface area contributed by atoms with Crippen molar-refractivity contribution in [1.82, 2.24) is 10.3 Å². The van der Waals surface area contributed by atoms with Gasteiger partial charge in [0.25, 0.3) is 0 Å². The van der Waals surface area contributed by atoms with Crippen molar-refractivity contribution >= 4 is 17.5 Å². The van der Waals surface area contributed by atoms with Crippen molar-refractivity contribution in [3.8, 4) is 0 Å². The summed E-state index contributed by atoms with van der Waals surface area (Å²) in [6, 6.07) is 7.06. The molecule has 0 bridgehead atoms. The molecule has 1 atom stereocenters. The SMILES string of the molecule is NC(CNC(=O)C1(c2ccc(F)c(F)c2)CCCC1)C1CCC(C(=O)Nc2ccncc2)CC1. The number of anilines is 1. The topological polar surface area (TPSA) is 97.1 Å². The third-order valence-corrected chi connectivity index (χ3v) is 7.56. The smallest absolute Gasteiger partial charge is 0.230 e. The third-order valence-electron chi connectivity index (χ3n) is 7.56. The number of hydrogen-bond acceptors (Lipinski definition) is 4. The van der Waals surface area contributed by atoms with Gasteiger partial charge < -0.3 is 16.4 Å². The van der Waals surface area contributed by atoms with E-state index in [-0.39, 0.29) is 29.7 Å². The molecule has 0 aliphatic heterocycles. The van der Waals surface area contributed by atoms with Crippen molar-refractivity contribution in [2.75, 3.05) is 11.9 Å². The highest BCUT2D eigenvalue weighted by Gasteiger charge is 2.43. The Kier molecular flexibility index (Phi) is 7.56. The average molecular weight is 471 g/mol. The first kappa shape index (κ1) is 24.3. The molecule has 2 saturated carbocycles. The molecule has 1 aromatic carbocycles. The molecule has 4 N–H and O–H groups in total. The second kappa shape index (κ2) is 10.6. The molecule has 182 valence electrons. The van der Waals surface area contributed by atoms with Gasteiger partial charge in [-0.15, -0.1) is 0 Å². The van der Waals surface area contributed by atoms with Crippen LogP contribution in [0.1, 0.15) is 56.9 Å². The maximum atomic E-state index is 13.9. The fourth-order valence-electron chi connectivity index (χ4n) is 5.45. The Labute approximate surface area is 198 Å². The number of amides is 2. The quantitative estimate of drug-likeness (QED) is 0.569. The second-order valence-electron chi connectivity index (χ2n) is 9.63. The van der Waals surface area contributed by atoms with E-state index in [2.05, 4.69) is 15.6 Å². The maximum Gasteiger partial charge on any atom is 0.230 e. The predicted octanol–water partition coefficient (Wildman–Crippen LogP) is 4.06. The number of rotatable bonds is 7. The van der Waals surface area contributed by atoms with Crippen LogP contribution in [0.3, 0.4) is 0 Å². The molecule has 1 aromatic heterocycles. The van der Waals surface area contributed by atoms with Crippen LogP contribution in [0.15, 0.2) is 42.7 Å². The summed E-state index contributed by atoms with van der Waals surface area (Å²) < 4.78 is 27.3. The first-order chi connectivity index (χ1) is 16.4. The minimum atomic E-state index is -0.932. The zero-order valence-corrected chi connectivity index (χ0v) is 19.2. The number of benzene rings is 1. The van der Waals surface area contributed by atoms with Crippen LogP contribution in [0.2, 0.25) is 0 Å². The molecule has 1 heterocycles. The van der Waals surface area contributed by atoms with Gasteiger partial charge in [0.15, 0.2) is 11.6 Å². The highest BCUT2D eigenvalue weighted by atomic mass is 19.2. The van der Waals surface area contributed by atoms with Crippen molar-refractivity contribution in [1.29, 1.82) is 0 Å². The lowest BCUT2D eigenvalue weighted by molar-refractivity contribution is -0.126. The lowest BCUT2D eigenvalue weighted by Crippen LogP contribution is -2.49. The Morgan fingerprint density at radius 2 is 1.71 bits per heavy atom. The van der Waals surface area contributed by atoms with Crippen LogP contribution in [-0.2, 0) is 15.0 Å². The second-order valence-corrected chi connectivity index (χ2v) is 9.63. The molecule has 34 heavy (non-hydrogen) atoms. The van der Waals surface area contributed by atoms with E-state index in [0.717, 1.165) is 56.3 Å². The Balaban J connectivity index is 1.29. The fourth-order valence-corrected chi connectivity index (χ4v) is 5.45. The zero-order chi connectivity index (χ0) is 24.1. The van der Waals surface area contributed by atoms with Crippen LogP contribution < -0.4 is 16.4 Å². The molecule has 0 saturated heterocycles. The lowest BCUT2D eigenvalue weighted by atomic mass is 9.77. The van der Waals surface area contributed by atoms with E-state index >= 15 is 0 Å². The summed E-state index contributed by atoms with van der Waals surface area (Å²) in [5.74, 6) is -1.84. The molecular weight excluding hydrogens is 438 g/mol. The van der Waals surface area contributed by atoms with E-state index in [1.807, 2.05) is 0 Å². The number of nitrogens with two attached hydrogens (primary N) is 1. The number of pyridine rings is 1. The minimum Gasteiger partial charge on any atom is -0.354 e. The van der Waals surface area contributed by atoms with Gasteiger partial charge in [-0.05, 0) is 74.3 Å². The Hall–Kier alpha value is -2.87. The summed E-state index contributed by atoms with van der Waals surface area (Å²) in [4.78, 5) is 29.7. The molecule has 8 heteroatoms. The largest absolute Gasteiger partial charge is 0.354 e. The summed E-state index contributed by atoms with van der Waals surface area (Å²) in [6.45, 7) is 0.322. The van der Waals surface area contributed by atoms with Crippen molar-refractivity contribution in [2.24, 2.45) is 17.6 Å². The van der Waals surface area contributed by atoms with Crippen molar-refractivity contribution in [3.63, 3.8) is 0 Å². The van der Waals surface area contributed by atoms with E-state index in [1.54, 1.807) is 24.5 Å². The zero-order valence-electron chi connectivity index (χ0n) is 19.2. The van der Waals surface area contributed by atoms with Crippen molar-refractivity contribution in [3.05, 3.63) is 59.9 Å². The average Bonchev–Trinajstić information content (AvgIpc) is 3.36. The van der Waals surface area contributed by atoms with E-state index in [1.165, 1.54) is 6.07 Å². The Bertz CT molecular complexity index is 1000. The number of aromatic nitrogens is 1. The van der Waals surface area contributed by atoms with Gasteiger partial charge in [-0.3, -0.25) is 14.6 Å². The third kappa shape index (κ3) is 5.27. The molecule has 0 radical (unpaired) electrons. The molecular formula is C26H32F2N4O2. The Morgan fingerprint density at radius 3 is 2.35 bits per heavy atom. The van der Waals surface area contributed by atoms with Crippen molar-refractivity contribution in [2.45, 2.75) is 62.8 Å². The molecule has 2 amide bonds. The van der Waals surface area contributed by atoms with Gasteiger partial charge in [-0.2, -0.15) is 0 Å². The van der Waals surface area contributed by atoms with E-state index in [4.69, 9.17) is 5.73 Å². The van der Waals surface area contributed by atoms with Crippen LogP contribution in [0.4, 0.5) is 14.5 Å². The van der Waals surface area contributed by atoms with E-state index in [9.17, 15) is 18.4 Å². The van der Waals surface area contributed by atoms with Crippen molar-refractivity contribution < 1.29 is 18.4 Å². The minimum absolute atomic E-state index is 0.0150. The summed E-state index contributed by atoms with van der Waals surface area (Å²) in [5.41, 5.74) is 6.86. The van der Waals surface area contributed by atoms with Gasteiger partial charge in [-0.25, -0.2) is 8.78 Å². The highest BCUT2D eigenvalue weighted by Crippen LogP contribution is 2.42. The number of hydrogen-bond donors (Lipinski definition) is 3. The molecule has 1 unspecified atom stereocenters. The normalized spacial score (nSPS) is 22.7. The Morgan fingerprint density at radius 1 is 1.03 bits per heavy atom. The van der Waals surface area contributed by atoms with Gasteiger partial charge in [0.05, 0.1) is 5.41 Å². The summed E-state index contributed by atoms with van der Waals surface area (Å²) in [7, 11) is 0. The van der Waals surface area contributed by atoms with Crippen LogP contribution >= 0.6 is 0 Å². The first-order valence-corrected chi connectivity index (χ1v) is 12.1. The number of carbonyl (C=O) groups is 2. The lowest BCUT2D eigenvalue weighted by Gasteiger charge is -2.33. The maximum absolute atomic E-state index is 13.9. The molecule has 2 fully saturated rings. The number of carbonyl (C=O) groups excluding carboxylic acids is 2. The summed E-state index contributed by atoms with van der Waals surface area (Å²) in [6.07, 6.45) is 9.37. The molecule has 2 aliphatic carbocycles. The van der Waals surface area contributed by atoms with Gasteiger partial charge in [0.1, 0.15) is 0 Å². The number of nitrogens with one attached hydrogen (secondary N) is 2. The van der Waals surface area contributed by atoms with Crippen LogP contribution in [0.25, 0.3) is 0 Å². The molecule has 6 nitrogen and oxygen atoms in total. The van der Waals surface area contributed by atoms with Crippen LogP contribution in [-0.4, -0.2) is 29.4 Å². The number of nitrogens with zero attached hydrogens (tertiary/aromatic N) is 1. The first-order valence-electron chi connectivity index (χ1n) is 12.1. The fraction of sp³-hybridized carbons (Fsp3) is 0.500. The van der Waals surface area contributed by atoms with Crippen LogP contribution in [0.5, 0.6) is 0 Å². The summed E-state index contributed by atoms with van der Waals surface area (Å²) in [5, 5.41) is 5.93. The van der Waals surface area contributed by atoms with E-state index < -0.39 is 17.0 Å². The van der Waals surface area contributed by atoms with Crippen LogP contribution in [0, 0.1) is 23.5 Å². The molecule has 2 aromatic rings. The molecule has 2 aliphatic rings. The highest BCUT2D eigenvalue weighted by molar-refractivity contribution is 5.92. The molecule has 0 spiro atoms. The van der Waals surface area contributed by atoms with E-state index in [0.29, 0.717) is 24.9 Å². The molecule has 4 rings (SSSR count). The number of halogens is 2. The van der Waals surface area contributed by atoms with Gasteiger partial charge >= 0.3 is 0 Å². The summed E-state index contributed by atoms with van der Waals surface area (Å²) >= 11 is 0. The monoisotopic (exact) mass is 470 g/mol. The van der Waals surface area contributed by atoms with Gasteiger partial charge in [0, 0.05) is 36.6 Å². The standard InChI is InChI=1S/C26H32F2N4O2/c27-21-8-7-19(15-22(21)28)26(11-1-2-12-26)25(34)31-16-23(29)17-3-5-18(6-4-17)24(33)32-20-9-13-30-14-10-20/h7-10,13-15,17-18,23H,1-6,11-12,16,29H2,(H,31,34)(H,30,32,33). The predicted molar refractivity (Wildman–Crippen MR) is 126 cm³/mol. The van der Waals surface area contributed by atoms with Gasteiger partial charge in [-0.1, -0.05) is 18.9 Å². The van der Waals surface area contributed by atoms with Gasteiger partial charge in [0.2, 0.25) is 11.8 Å².